The molecule has 0 saturated heterocycles. The van der Waals surface area contributed by atoms with E-state index >= 15 is 0 Å². The molecule has 2 amide bonds. The zero-order chi connectivity index (χ0) is 23.3. The zero-order valence-electron chi connectivity index (χ0n) is 17.7. The van der Waals surface area contributed by atoms with Gasteiger partial charge in [-0.15, -0.1) is 0 Å². The Morgan fingerprint density at radius 3 is 2.73 bits per heavy atom. The van der Waals surface area contributed by atoms with Crippen molar-refractivity contribution in [1.82, 2.24) is 9.97 Å². The van der Waals surface area contributed by atoms with Crippen LogP contribution in [0.4, 0.5) is 16.4 Å². The molecule has 33 heavy (non-hydrogen) atoms. The first-order chi connectivity index (χ1) is 15.8. The minimum atomic E-state index is -1.82. The quantitative estimate of drug-likeness (QED) is 0.414. The summed E-state index contributed by atoms with van der Waals surface area (Å²) in [5.41, 5.74) is 1.74. The molecule has 3 N–H and O–H groups in total. The number of nitrogens with zero attached hydrogens (tertiary/aromatic N) is 2. The van der Waals surface area contributed by atoms with Crippen molar-refractivity contribution in [3.05, 3.63) is 87.9 Å². The van der Waals surface area contributed by atoms with Crippen LogP contribution in [0.3, 0.4) is 0 Å². The Labute approximate surface area is 193 Å². The number of nitrogens with one attached hydrogen (secondary N) is 2. The lowest BCUT2D eigenvalue weighted by molar-refractivity contribution is 0.0703. The molecular weight excluding hydrogens is 444 g/mol. The fourth-order valence-electron chi connectivity index (χ4n) is 4.25. The number of hydrogen-bond donors (Lipinski definition) is 3. The molecule has 0 radical (unpaired) electrons. The standard InChI is InChI=1S/C24H19ClN4O4/c1-13-6-5-9-17(25)20(13)29-21(30)15-7-3-4-8-16(15)24(29,32)14-10-11-18-19(12-14)27-22(26-18)28-23(31)33-2/h3-12,32H,1-2H3,(H2,26,27,28,31). The number of carbonyl (C=O) groups excluding carboxylic acids is 2. The summed E-state index contributed by atoms with van der Waals surface area (Å²) in [5, 5.41) is 15.0. The van der Waals surface area contributed by atoms with Crippen molar-refractivity contribution in [3.63, 3.8) is 0 Å². The van der Waals surface area contributed by atoms with Gasteiger partial charge in [0.2, 0.25) is 5.95 Å². The maximum atomic E-state index is 13.5. The molecule has 166 valence electrons. The van der Waals surface area contributed by atoms with Crippen molar-refractivity contribution in [3.8, 4) is 0 Å². The molecule has 1 aliphatic rings. The Morgan fingerprint density at radius 2 is 1.97 bits per heavy atom. The van der Waals surface area contributed by atoms with Crippen LogP contribution in [0, 0.1) is 6.92 Å². The SMILES string of the molecule is COC(=O)Nc1nc2ccc(C3(O)c4ccccc4C(=O)N3c3c(C)cccc3Cl)cc2[nH]1. The number of hydrogen-bond acceptors (Lipinski definition) is 5. The number of rotatable bonds is 3. The number of aromatic amines is 1. The molecule has 5 rings (SSSR count). The number of amides is 2. The number of fused-ring (bicyclic) bond motifs is 2. The number of para-hydroxylation sites is 1. The third-order valence-corrected chi connectivity index (χ3v) is 6.07. The summed E-state index contributed by atoms with van der Waals surface area (Å²) in [5.74, 6) is -0.162. The largest absolute Gasteiger partial charge is 0.453 e. The van der Waals surface area contributed by atoms with Crippen LogP contribution in [0.25, 0.3) is 11.0 Å². The number of H-pyrrole nitrogens is 1. The van der Waals surface area contributed by atoms with Gasteiger partial charge in [-0.2, -0.15) is 0 Å². The highest BCUT2D eigenvalue weighted by Gasteiger charge is 2.51. The minimum Gasteiger partial charge on any atom is -0.453 e. The number of aromatic nitrogens is 2. The van der Waals surface area contributed by atoms with E-state index in [0.717, 1.165) is 5.56 Å². The van der Waals surface area contributed by atoms with Gasteiger partial charge in [0.25, 0.3) is 5.91 Å². The summed E-state index contributed by atoms with van der Waals surface area (Å²) in [4.78, 5) is 33.7. The topological polar surface area (TPSA) is 108 Å². The molecule has 0 bridgehead atoms. The van der Waals surface area contributed by atoms with Crippen molar-refractivity contribution in [2.24, 2.45) is 0 Å². The van der Waals surface area contributed by atoms with Crippen molar-refractivity contribution < 1.29 is 19.4 Å². The first kappa shape index (κ1) is 21.0. The molecule has 0 spiro atoms. The third kappa shape index (κ3) is 3.14. The van der Waals surface area contributed by atoms with Gasteiger partial charge >= 0.3 is 6.09 Å². The summed E-state index contributed by atoms with van der Waals surface area (Å²) in [6.07, 6.45) is -0.663. The highest BCUT2D eigenvalue weighted by molar-refractivity contribution is 6.34. The van der Waals surface area contributed by atoms with Crippen LogP contribution in [0.5, 0.6) is 0 Å². The first-order valence-electron chi connectivity index (χ1n) is 10.1. The molecular formula is C24H19ClN4O4. The van der Waals surface area contributed by atoms with Crippen molar-refractivity contribution in [1.29, 1.82) is 0 Å². The number of aliphatic hydroxyl groups is 1. The molecule has 3 aromatic carbocycles. The first-order valence-corrected chi connectivity index (χ1v) is 10.5. The third-order valence-electron chi connectivity index (χ3n) is 5.76. The number of carbonyl (C=O) groups is 2. The van der Waals surface area contributed by atoms with E-state index in [0.29, 0.717) is 38.4 Å². The second-order valence-corrected chi connectivity index (χ2v) is 8.10. The molecule has 2 heterocycles. The minimum absolute atomic E-state index is 0.197. The number of imidazole rings is 1. The summed E-state index contributed by atoms with van der Waals surface area (Å²) in [6.45, 7) is 1.83. The van der Waals surface area contributed by atoms with Gasteiger partial charge in [-0.3, -0.25) is 15.0 Å². The van der Waals surface area contributed by atoms with Crippen LogP contribution in [0.2, 0.25) is 5.02 Å². The Balaban J connectivity index is 1.72. The monoisotopic (exact) mass is 462 g/mol. The lowest BCUT2D eigenvalue weighted by Crippen LogP contribution is -2.45. The maximum absolute atomic E-state index is 13.5. The van der Waals surface area contributed by atoms with Crippen LogP contribution in [-0.4, -0.2) is 34.2 Å². The number of aryl methyl sites for hydroxylation is 1. The molecule has 0 fully saturated rings. The van der Waals surface area contributed by atoms with E-state index in [1.165, 1.54) is 12.0 Å². The van der Waals surface area contributed by atoms with E-state index in [4.69, 9.17) is 11.6 Å². The number of halogens is 1. The average Bonchev–Trinajstić information content (AvgIpc) is 3.31. The van der Waals surface area contributed by atoms with E-state index < -0.39 is 11.8 Å². The lowest BCUT2D eigenvalue weighted by atomic mass is 9.93. The van der Waals surface area contributed by atoms with Gasteiger partial charge in [-0.25, -0.2) is 9.78 Å². The average molecular weight is 463 g/mol. The van der Waals surface area contributed by atoms with Gasteiger partial charge in [-0.1, -0.05) is 48.0 Å². The van der Waals surface area contributed by atoms with Crippen LogP contribution in [-0.2, 0) is 10.5 Å². The zero-order valence-corrected chi connectivity index (χ0v) is 18.5. The number of methoxy groups -OCH3 is 1. The van der Waals surface area contributed by atoms with Gasteiger partial charge in [-0.05, 0) is 36.8 Å². The summed E-state index contributed by atoms with van der Waals surface area (Å²) in [7, 11) is 1.26. The number of anilines is 2. The molecule has 1 atom stereocenters. The van der Waals surface area contributed by atoms with Crippen LogP contribution in [0.15, 0.2) is 60.7 Å². The highest BCUT2D eigenvalue weighted by atomic mass is 35.5. The highest BCUT2D eigenvalue weighted by Crippen LogP contribution is 2.48. The van der Waals surface area contributed by atoms with Crippen LogP contribution in [0.1, 0.15) is 27.0 Å². The second kappa shape index (κ2) is 7.61. The Bertz CT molecular complexity index is 1410. The van der Waals surface area contributed by atoms with Crippen molar-refractivity contribution in [2.75, 3.05) is 17.3 Å². The van der Waals surface area contributed by atoms with E-state index in [1.54, 1.807) is 54.6 Å². The van der Waals surface area contributed by atoms with E-state index in [9.17, 15) is 14.7 Å². The van der Waals surface area contributed by atoms with Crippen LogP contribution >= 0.6 is 11.6 Å². The van der Waals surface area contributed by atoms with Gasteiger partial charge < -0.3 is 14.8 Å². The predicted molar refractivity (Wildman–Crippen MR) is 125 cm³/mol. The predicted octanol–water partition coefficient (Wildman–Crippen LogP) is 4.56. The fourth-order valence-corrected chi connectivity index (χ4v) is 4.56. The van der Waals surface area contributed by atoms with Crippen molar-refractivity contribution >= 4 is 46.3 Å². The van der Waals surface area contributed by atoms with E-state index in [1.807, 2.05) is 13.0 Å². The normalized spacial score (nSPS) is 17.3. The molecule has 0 aliphatic carbocycles. The Hall–Kier alpha value is -3.88. The van der Waals surface area contributed by atoms with Crippen LogP contribution < -0.4 is 10.2 Å². The molecule has 4 aromatic rings. The van der Waals surface area contributed by atoms with Gasteiger partial charge in [0.15, 0.2) is 5.72 Å². The molecule has 9 heteroatoms. The molecule has 1 aromatic heterocycles. The maximum Gasteiger partial charge on any atom is 0.413 e. The molecule has 1 unspecified atom stereocenters. The molecule has 1 aliphatic heterocycles. The molecule has 8 nitrogen and oxygen atoms in total. The summed E-state index contributed by atoms with van der Waals surface area (Å²) in [6, 6.07) is 17.3. The van der Waals surface area contributed by atoms with Gasteiger partial charge in [0, 0.05) is 16.7 Å². The number of ether oxygens (including phenoxy) is 1. The van der Waals surface area contributed by atoms with E-state index in [-0.39, 0.29) is 11.9 Å². The van der Waals surface area contributed by atoms with Gasteiger partial charge in [0.1, 0.15) is 0 Å². The fraction of sp³-hybridized carbons (Fsp3) is 0.125. The Kier molecular flexibility index (Phi) is 4.84. The van der Waals surface area contributed by atoms with Crippen molar-refractivity contribution in [2.45, 2.75) is 12.6 Å². The van der Waals surface area contributed by atoms with Gasteiger partial charge in [0.05, 0.1) is 28.9 Å². The molecule has 0 saturated carbocycles. The number of benzene rings is 3. The second-order valence-electron chi connectivity index (χ2n) is 7.70. The smallest absolute Gasteiger partial charge is 0.413 e. The Morgan fingerprint density at radius 1 is 1.18 bits per heavy atom. The summed E-state index contributed by atoms with van der Waals surface area (Å²) >= 11 is 6.52. The summed E-state index contributed by atoms with van der Waals surface area (Å²) < 4.78 is 4.60. The lowest BCUT2D eigenvalue weighted by Gasteiger charge is -2.36. The van der Waals surface area contributed by atoms with E-state index in [2.05, 4.69) is 20.0 Å².